The van der Waals surface area contributed by atoms with Crippen LogP contribution in [0.15, 0.2) is 95.5 Å². The van der Waals surface area contributed by atoms with Crippen LogP contribution in [0.5, 0.6) is 28.7 Å². The molecule has 0 amide bonds. The van der Waals surface area contributed by atoms with Crippen molar-refractivity contribution in [1.29, 1.82) is 0 Å². The van der Waals surface area contributed by atoms with Gasteiger partial charge in [-0.25, -0.2) is 0 Å². The summed E-state index contributed by atoms with van der Waals surface area (Å²) in [5, 5.41) is 11.7. The van der Waals surface area contributed by atoms with Gasteiger partial charge in [-0.05, 0) is 109 Å². The molecule has 0 unspecified atom stereocenters. The molecule has 372 valence electrons. The van der Waals surface area contributed by atoms with Crippen LogP contribution < -0.4 is 33.7 Å². The maximum Gasteiger partial charge on any atom is 2.00 e. The molecule has 0 saturated carbocycles. The van der Waals surface area contributed by atoms with Gasteiger partial charge >= 0.3 is 51.5 Å². The second-order valence-electron chi connectivity index (χ2n) is 14.8. The van der Waals surface area contributed by atoms with Gasteiger partial charge in [0.25, 0.3) is 0 Å². The molecule has 0 aliphatic heterocycles. The molecule has 0 bridgehead atoms. The average molecular weight is 1080 g/mol. The van der Waals surface area contributed by atoms with Crippen molar-refractivity contribution in [2.24, 2.45) is 0 Å². The number of carbonyl (C=O) groups is 1. The first kappa shape index (κ1) is 62.5. The number of aryl methyl sites for hydroxylation is 2. The molecule has 0 radical (unpaired) electrons. The minimum atomic E-state index is -1.38. The summed E-state index contributed by atoms with van der Waals surface area (Å²) in [7, 11) is 5.29. The van der Waals surface area contributed by atoms with Gasteiger partial charge in [0.1, 0.15) is 28.7 Å². The summed E-state index contributed by atoms with van der Waals surface area (Å²) in [5.41, 5.74) is 8.69. The van der Waals surface area contributed by atoms with Gasteiger partial charge in [0.2, 0.25) is 0 Å². The molecule has 9 N–H and O–H groups in total. The van der Waals surface area contributed by atoms with Crippen LogP contribution in [0, 0.1) is 27.7 Å². The number of ether oxygens (including phenoxy) is 5. The molecule has 22 heteroatoms. The van der Waals surface area contributed by atoms with Crippen LogP contribution in [-0.2, 0) is 37.9 Å². The summed E-state index contributed by atoms with van der Waals surface area (Å²) in [6.07, 6.45) is 3.46. The first-order valence-corrected chi connectivity index (χ1v) is 22.8. The number of imidazole rings is 2. The van der Waals surface area contributed by atoms with Gasteiger partial charge in [-0.1, -0.05) is 36.4 Å². The summed E-state index contributed by atoms with van der Waals surface area (Å²) in [4.78, 5) is 37.1. The summed E-state index contributed by atoms with van der Waals surface area (Å²) < 4.78 is 51.6. The Hall–Kier alpha value is -5.53. The number of aromatic nitrogens is 6. The minimum absolute atomic E-state index is 0. The Kier molecular flexibility index (Phi) is 25.3. The maximum absolute atomic E-state index is 12.6. The van der Waals surface area contributed by atoms with Crippen LogP contribution >= 0.6 is 0 Å². The number of carboxylic acid groups (broad SMARTS) is 1. The van der Waals surface area contributed by atoms with E-state index in [2.05, 4.69) is 29.9 Å². The molecule has 19 nitrogen and oxygen atoms in total. The minimum Gasteiger partial charge on any atom is -0.497 e. The van der Waals surface area contributed by atoms with Crippen LogP contribution in [-0.4, -0.2) is 142 Å². The number of methoxy groups -OCH3 is 5. The fourth-order valence-corrected chi connectivity index (χ4v) is 9.02. The first-order chi connectivity index (χ1) is 31.2. The zero-order valence-corrected chi connectivity index (χ0v) is 45.6. The average Bonchev–Trinajstić information content (AvgIpc) is 3.95. The monoisotopic (exact) mass is 1080 g/mol. The molecule has 4 aromatic heterocycles. The van der Waals surface area contributed by atoms with Gasteiger partial charge < -0.3 is 70.6 Å². The summed E-state index contributed by atoms with van der Waals surface area (Å²) in [6.45, 7) is 9.38. The van der Waals surface area contributed by atoms with Crippen LogP contribution in [0.2, 0.25) is 0 Å². The van der Waals surface area contributed by atoms with Crippen LogP contribution in [0.4, 0.5) is 0 Å². The van der Waals surface area contributed by atoms with Crippen molar-refractivity contribution >= 4 is 106 Å². The second kappa shape index (κ2) is 28.4. The quantitative estimate of drug-likeness (QED) is 0.156. The van der Waals surface area contributed by atoms with Crippen molar-refractivity contribution in [1.82, 2.24) is 29.9 Å². The molecule has 3 atom stereocenters. The molecule has 0 aliphatic carbocycles. The number of pyridine rings is 2. The van der Waals surface area contributed by atoms with Gasteiger partial charge in [0.05, 0.1) is 86.0 Å². The van der Waals surface area contributed by atoms with E-state index in [-0.39, 0.29) is 78.9 Å². The SMILES string of the molecule is COc1ccc2[n-]c([S@@](=O)Cc3ncc(C)c(OC)c3C)nc2c1.COc1ccc2[n-]c([S@@](=O)Cc3ncc(C)c(OC)c3C)nc2c1.COc1ccc2cc([C@H](C)C(=O)O)ccc2c1.O.O.O.O.[Sr+2]. The molecule has 0 spiro atoms. The predicted octanol–water partition coefficient (Wildman–Crippen LogP) is 4.41. The normalized spacial score (nSPS) is 11.5. The zero-order chi connectivity index (χ0) is 46.9. The first-order valence-electron chi connectivity index (χ1n) is 20.2. The van der Waals surface area contributed by atoms with Gasteiger partial charge in [-0.3, -0.25) is 23.2 Å². The van der Waals surface area contributed by atoms with E-state index in [0.29, 0.717) is 43.9 Å². The van der Waals surface area contributed by atoms with E-state index >= 15 is 0 Å². The third-order valence-electron chi connectivity index (χ3n) is 10.6. The number of aliphatic carboxylic acids is 1. The number of nitrogens with zero attached hydrogens (tertiary/aromatic N) is 6. The van der Waals surface area contributed by atoms with Gasteiger partial charge in [-0.2, -0.15) is 0 Å². The van der Waals surface area contributed by atoms with E-state index in [0.717, 1.165) is 67.2 Å². The molecule has 8 rings (SSSR count). The van der Waals surface area contributed by atoms with Crippen LogP contribution in [0.3, 0.4) is 0 Å². The molecule has 70 heavy (non-hydrogen) atoms. The third kappa shape index (κ3) is 14.8. The predicted molar refractivity (Wildman–Crippen MR) is 271 cm³/mol. The summed E-state index contributed by atoms with van der Waals surface area (Å²) >= 11 is 0. The Labute approximate surface area is 447 Å². The van der Waals surface area contributed by atoms with E-state index < -0.39 is 33.5 Å². The van der Waals surface area contributed by atoms with Gasteiger partial charge in [0, 0.05) is 45.0 Å². The number of carboxylic acids is 1. The second-order valence-corrected chi connectivity index (χ2v) is 17.5. The summed E-state index contributed by atoms with van der Waals surface area (Å²) in [5.74, 6) is 2.94. The Morgan fingerprint density at radius 2 is 0.971 bits per heavy atom. The van der Waals surface area contributed by atoms with Crippen molar-refractivity contribution in [3.05, 3.63) is 124 Å². The van der Waals surface area contributed by atoms with E-state index in [1.54, 1.807) is 91.3 Å². The van der Waals surface area contributed by atoms with E-state index in [4.69, 9.17) is 28.8 Å². The van der Waals surface area contributed by atoms with E-state index in [9.17, 15) is 13.2 Å². The Morgan fingerprint density at radius 1 is 0.586 bits per heavy atom. The molecule has 0 fully saturated rings. The molecular formula is C48H58N6O13S2Sr. The topological polar surface area (TPSA) is 323 Å². The van der Waals surface area contributed by atoms with E-state index in [1.807, 2.05) is 64.1 Å². The third-order valence-corrected chi connectivity index (χ3v) is 12.9. The smallest absolute Gasteiger partial charge is 0.497 e. The van der Waals surface area contributed by atoms with Crippen molar-refractivity contribution in [3.8, 4) is 28.7 Å². The number of benzene rings is 4. The Balaban J connectivity index is 0.000000515. The van der Waals surface area contributed by atoms with Crippen molar-refractivity contribution in [3.63, 3.8) is 0 Å². The number of hydrogen-bond acceptors (Lipinski definition) is 12. The number of hydrogen-bond donors (Lipinski definition) is 1. The molecular weight excluding hydrogens is 1020 g/mol. The fourth-order valence-electron chi connectivity index (χ4n) is 6.89. The van der Waals surface area contributed by atoms with Crippen LogP contribution in [0.25, 0.3) is 32.8 Å². The number of rotatable bonds is 13. The standard InChI is InChI=1S/2C17H18N3O3S.C14H14O3.4H2O.Sr/c2*1-10-8-18-15(11(2)16(10)23-4)9-24(21)17-19-13-6-5-12(22-3)7-14(13)20-17;1-9(14(15)16)10-3-4-12-8-13(17-2)6-5-11(12)7-10;;;;;/h2*5-8H,9H2,1-4H3;3-9H,1-2H3,(H,15,16);4*1H2;/q2*-1;;;;;;+2/t2*24-;9-;;;;;/m000...../s1. The molecule has 8 aromatic rings. The number of fused-ring (bicyclic) bond motifs is 3. The Bertz CT molecular complexity index is 2910. The molecule has 4 aromatic carbocycles. The van der Waals surface area contributed by atoms with Gasteiger partial charge in [-0.15, -0.1) is 0 Å². The maximum atomic E-state index is 12.6. The zero-order valence-electron chi connectivity index (χ0n) is 40.5. The fraction of sp³-hybridized carbons (Fsp3) is 0.271. The summed E-state index contributed by atoms with van der Waals surface area (Å²) in [6, 6.07) is 22.2. The van der Waals surface area contributed by atoms with Gasteiger partial charge in [0.15, 0.2) is 0 Å². The van der Waals surface area contributed by atoms with E-state index in [1.165, 1.54) is 0 Å². The molecule has 0 aliphatic rings. The molecule has 0 saturated heterocycles. The Morgan fingerprint density at radius 3 is 1.37 bits per heavy atom. The van der Waals surface area contributed by atoms with Crippen molar-refractivity contribution < 1.29 is 63.9 Å². The largest absolute Gasteiger partial charge is 2.00 e. The van der Waals surface area contributed by atoms with Crippen LogP contribution in [0.1, 0.15) is 52.0 Å². The van der Waals surface area contributed by atoms with Crippen molar-refractivity contribution in [2.45, 2.75) is 62.4 Å². The van der Waals surface area contributed by atoms with Crippen molar-refractivity contribution in [2.75, 3.05) is 35.5 Å². The molecule has 4 heterocycles.